The van der Waals surface area contributed by atoms with E-state index in [0.717, 1.165) is 42.0 Å². The predicted molar refractivity (Wildman–Crippen MR) is 117 cm³/mol. The number of carbonyl (C=O) groups is 1. The largest absolute Gasteiger partial charge is 0.327 e. The van der Waals surface area contributed by atoms with Gasteiger partial charge in [0.25, 0.3) is 11.6 Å². The van der Waals surface area contributed by atoms with Crippen molar-refractivity contribution in [1.29, 1.82) is 0 Å². The Morgan fingerprint density at radius 2 is 1.94 bits per heavy atom. The van der Waals surface area contributed by atoms with Gasteiger partial charge in [-0.2, -0.15) is 0 Å². The number of nitrogens with one attached hydrogen (secondary N) is 1. The summed E-state index contributed by atoms with van der Waals surface area (Å²) in [6, 6.07) is 5.50. The number of anilines is 1. The van der Waals surface area contributed by atoms with Gasteiger partial charge in [0, 0.05) is 55.3 Å². The maximum absolute atomic E-state index is 13.0. The molecule has 3 heterocycles. The monoisotopic (exact) mass is 420 g/mol. The lowest BCUT2D eigenvalue weighted by molar-refractivity contribution is -0.385. The van der Waals surface area contributed by atoms with Crippen molar-refractivity contribution in [1.82, 2.24) is 19.4 Å². The van der Waals surface area contributed by atoms with Gasteiger partial charge < -0.3 is 14.8 Å². The molecule has 1 aromatic carbocycles. The van der Waals surface area contributed by atoms with Gasteiger partial charge in [-0.05, 0) is 38.1 Å². The van der Waals surface area contributed by atoms with Crippen LogP contribution in [-0.4, -0.2) is 43.9 Å². The van der Waals surface area contributed by atoms with Crippen LogP contribution in [0.15, 0.2) is 30.6 Å². The van der Waals surface area contributed by atoms with Gasteiger partial charge in [0.15, 0.2) is 5.82 Å². The highest BCUT2D eigenvalue weighted by atomic mass is 16.6. The van der Waals surface area contributed by atoms with Crippen LogP contribution in [0.25, 0.3) is 11.1 Å². The molecular formula is C22H24N6O3. The maximum atomic E-state index is 13.0. The third kappa shape index (κ3) is 3.68. The number of likely N-dealkylation sites (N-methyl/N-ethyl adjacent to an activating group) is 1. The quantitative estimate of drug-likeness (QED) is 0.513. The molecule has 31 heavy (non-hydrogen) atoms. The SMILES string of the molecule is Cc1c(NC(=O)c2nc3c(n2C)CCN(C)C3)cccc1-c1cncc([N+](=O)[O-])c1C. The Morgan fingerprint density at radius 3 is 2.68 bits per heavy atom. The molecule has 0 saturated heterocycles. The van der Waals surface area contributed by atoms with Crippen molar-refractivity contribution in [2.45, 2.75) is 26.8 Å². The minimum absolute atomic E-state index is 0.0325. The first-order valence-electron chi connectivity index (χ1n) is 10.0. The second kappa shape index (κ2) is 7.92. The lowest BCUT2D eigenvalue weighted by Gasteiger charge is -2.21. The van der Waals surface area contributed by atoms with Crippen molar-refractivity contribution in [3.63, 3.8) is 0 Å². The molecule has 0 saturated carbocycles. The molecule has 1 aliphatic heterocycles. The van der Waals surface area contributed by atoms with Crippen molar-refractivity contribution in [2.75, 3.05) is 18.9 Å². The molecule has 9 nitrogen and oxygen atoms in total. The van der Waals surface area contributed by atoms with E-state index >= 15 is 0 Å². The number of fused-ring (bicyclic) bond motifs is 1. The number of rotatable bonds is 4. The zero-order valence-electron chi connectivity index (χ0n) is 18.0. The molecule has 0 atom stereocenters. The van der Waals surface area contributed by atoms with E-state index < -0.39 is 4.92 Å². The summed E-state index contributed by atoms with van der Waals surface area (Å²) in [5.41, 5.74) is 5.41. The van der Waals surface area contributed by atoms with Gasteiger partial charge in [-0.25, -0.2) is 4.98 Å². The van der Waals surface area contributed by atoms with E-state index in [0.29, 0.717) is 22.6 Å². The molecule has 0 spiro atoms. The van der Waals surface area contributed by atoms with Gasteiger partial charge >= 0.3 is 0 Å². The number of hydrogen-bond acceptors (Lipinski definition) is 6. The lowest BCUT2D eigenvalue weighted by atomic mass is 9.96. The van der Waals surface area contributed by atoms with Gasteiger partial charge in [0.2, 0.25) is 0 Å². The highest BCUT2D eigenvalue weighted by molar-refractivity contribution is 6.03. The summed E-state index contributed by atoms with van der Waals surface area (Å²) in [5, 5.41) is 14.3. The van der Waals surface area contributed by atoms with Crippen LogP contribution >= 0.6 is 0 Å². The normalized spacial score (nSPS) is 13.7. The molecule has 2 aromatic heterocycles. The van der Waals surface area contributed by atoms with Crippen LogP contribution < -0.4 is 5.32 Å². The lowest BCUT2D eigenvalue weighted by Crippen LogP contribution is -2.27. The van der Waals surface area contributed by atoms with Crippen LogP contribution in [0.2, 0.25) is 0 Å². The third-order valence-corrected chi connectivity index (χ3v) is 5.91. The summed E-state index contributed by atoms with van der Waals surface area (Å²) in [7, 11) is 3.91. The zero-order valence-corrected chi connectivity index (χ0v) is 18.0. The van der Waals surface area contributed by atoms with Gasteiger partial charge in [-0.1, -0.05) is 12.1 Å². The Kier molecular flexibility index (Phi) is 5.28. The van der Waals surface area contributed by atoms with E-state index in [1.54, 1.807) is 13.1 Å². The van der Waals surface area contributed by atoms with E-state index in [2.05, 4.69) is 20.2 Å². The third-order valence-electron chi connectivity index (χ3n) is 5.91. The second-order valence-corrected chi connectivity index (χ2v) is 7.90. The molecule has 9 heteroatoms. The molecule has 160 valence electrons. The summed E-state index contributed by atoms with van der Waals surface area (Å²) in [6.45, 7) is 5.24. The molecule has 0 aliphatic carbocycles. The second-order valence-electron chi connectivity index (χ2n) is 7.90. The van der Waals surface area contributed by atoms with Crippen LogP contribution in [0, 0.1) is 24.0 Å². The Balaban J connectivity index is 1.67. The van der Waals surface area contributed by atoms with Crippen LogP contribution in [0.4, 0.5) is 11.4 Å². The number of imidazole rings is 1. The highest BCUT2D eigenvalue weighted by Gasteiger charge is 2.24. The molecule has 1 N–H and O–H groups in total. The Hall–Kier alpha value is -3.59. The summed E-state index contributed by atoms with van der Waals surface area (Å²) < 4.78 is 1.87. The summed E-state index contributed by atoms with van der Waals surface area (Å²) >= 11 is 0. The molecule has 4 rings (SSSR count). The summed E-state index contributed by atoms with van der Waals surface area (Å²) in [5.74, 6) is 0.0898. The average molecular weight is 420 g/mol. The molecule has 3 aromatic rings. The fraction of sp³-hybridized carbons (Fsp3) is 0.318. The highest BCUT2D eigenvalue weighted by Crippen LogP contribution is 2.33. The van der Waals surface area contributed by atoms with Crippen LogP contribution in [-0.2, 0) is 20.0 Å². The summed E-state index contributed by atoms with van der Waals surface area (Å²) in [6.07, 6.45) is 3.72. The molecule has 0 unspecified atom stereocenters. The van der Waals surface area contributed by atoms with Gasteiger partial charge in [-0.3, -0.25) is 19.9 Å². The van der Waals surface area contributed by atoms with E-state index in [-0.39, 0.29) is 11.6 Å². The Morgan fingerprint density at radius 1 is 1.16 bits per heavy atom. The van der Waals surface area contributed by atoms with Crippen molar-refractivity contribution in [3.05, 3.63) is 69.0 Å². The number of amides is 1. The Bertz CT molecular complexity index is 1200. The van der Waals surface area contributed by atoms with Gasteiger partial charge in [0.1, 0.15) is 6.20 Å². The van der Waals surface area contributed by atoms with Gasteiger partial charge in [-0.15, -0.1) is 0 Å². The first-order valence-corrected chi connectivity index (χ1v) is 10.0. The van der Waals surface area contributed by atoms with Crippen molar-refractivity contribution < 1.29 is 9.72 Å². The zero-order chi connectivity index (χ0) is 22.3. The molecule has 0 radical (unpaired) electrons. The molecule has 0 fully saturated rings. The predicted octanol–water partition coefficient (Wildman–Crippen LogP) is 3.25. The standard InChI is InChI=1S/C22H24N6O3/c1-13-15(16-10-23-11-20(14(16)2)28(30)31)6-5-7-17(13)25-22(29)21-24-18-12-26(3)9-8-19(18)27(21)4/h5-7,10-11H,8-9,12H2,1-4H3,(H,25,29). The number of carbonyl (C=O) groups excluding carboxylic acids is 1. The van der Waals surface area contributed by atoms with Crippen LogP contribution in [0.3, 0.4) is 0 Å². The van der Waals surface area contributed by atoms with Crippen molar-refractivity contribution in [2.24, 2.45) is 7.05 Å². The van der Waals surface area contributed by atoms with E-state index in [1.165, 1.54) is 6.20 Å². The van der Waals surface area contributed by atoms with E-state index in [4.69, 9.17) is 0 Å². The molecule has 1 aliphatic rings. The van der Waals surface area contributed by atoms with Crippen LogP contribution in [0.5, 0.6) is 0 Å². The average Bonchev–Trinajstić information content (AvgIpc) is 3.05. The molecule has 1 amide bonds. The fourth-order valence-corrected chi connectivity index (χ4v) is 4.07. The van der Waals surface area contributed by atoms with Crippen molar-refractivity contribution >= 4 is 17.3 Å². The number of benzene rings is 1. The summed E-state index contributed by atoms with van der Waals surface area (Å²) in [4.78, 5) is 34.7. The first kappa shape index (κ1) is 20.7. The molecule has 0 bridgehead atoms. The Labute approximate surface area is 179 Å². The van der Waals surface area contributed by atoms with E-state index in [9.17, 15) is 14.9 Å². The minimum Gasteiger partial charge on any atom is -0.327 e. The van der Waals surface area contributed by atoms with Gasteiger partial charge in [0.05, 0.1) is 10.6 Å². The number of pyridine rings is 1. The number of nitro groups is 1. The topological polar surface area (TPSA) is 106 Å². The van der Waals surface area contributed by atoms with Crippen molar-refractivity contribution in [3.8, 4) is 11.1 Å². The van der Waals surface area contributed by atoms with E-state index in [1.807, 2.05) is 43.8 Å². The maximum Gasteiger partial charge on any atom is 0.291 e. The number of nitrogens with zero attached hydrogens (tertiary/aromatic N) is 5. The number of aromatic nitrogens is 3. The van der Waals surface area contributed by atoms with Crippen LogP contribution in [0.1, 0.15) is 33.1 Å². The fourth-order valence-electron chi connectivity index (χ4n) is 4.07. The smallest absolute Gasteiger partial charge is 0.291 e. The minimum atomic E-state index is -0.437. The first-order chi connectivity index (χ1) is 14.8. The molecular weight excluding hydrogens is 396 g/mol. The number of hydrogen-bond donors (Lipinski definition) is 1.